The molecule has 1 fully saturated rings. The highest BCUT2D eigenvalue weighted by Crippen LogP contribution is 2.58. The van der Waals surface area contributed by atoms with Crippen LogP contribution in [0.4, 0.5) is 11.4 Å². The number of nitrogens with zero attached hydrogens (tertiary/aromatic N) is 2. The maximum atomic E-state index is 14.5. The first kappa shape index (κ1) is 22.4. The summed E-state index contributed by atoms with van der Waals surface area (Å²) in [7, 11) is 0. The van der Waals surface area contributed by atoms with Gasteiger partial charge in [-0.15, -0.1) is 0 Å². The molecule has 3 aliphatic rings. The highest BCUT2D eigenvalue weighted by Gasteiger charge is 2.70. The molecule has 4 atom stereocenters. The van der Waals surface area contributed by atoms with Gasteiger partial charge in [0.2, 0.25) is 5.91 Å². The second-order valence-corrected chi connectivity index (χ2v) is 9.87. The van der Waals surface area contributed by atoms with E-state index in [1.54, 1.807) is 36.5 Å². The summed E-state index contributed by atoms with van der Waals surface area (Å²) < 4.78 is 0. The number of aromatic nitrogens is 1. The largest absolute Gasteiger partial charge is 0.352 e. The number of rotatable bonds is 4. The van der Waals surface area contributed by atoms with Gasteiger partial charge in [-0.3, -0.25) is 19.4 Å². The standard InChI is InChI=1S/C32H23N3O3/c36-29(21-11-2-1-3-12-21)28-27(30(37)24-15-8-9-19-33-24)32(22-13-5-6-14-23(22)34-31(32)38)26-18-17-20-10-4-7-16-25(20)35(26)28/h1-19,26-28H,(H,34,38)/t26-,27-,28+,32-/m1/s1. The molecular weight excluding hydrogens is 474 g/mol. The third-order valence-electron chi connectivity index (χ3n) is 8.07. The topological polar surface area (TPSA) is 79.4 Å². The molecular formula is C32H23N3O3. The Hall–Kier alpha value is -4.84. The Morgan fingerprint density at radius 2 is 1.55 bits per heavy atom. The zero-order chi connectivity index (χ0) is 25.9. The van der Waals surface area contributed by atoms with Crippen molar-refractivity contribution in [1.29, 1.82) is 0 Å². The fourth-order valence-electron chi connectivity index (χ4n) is 6.56. The van der Waals surface area contributed by atoms with Crippen molar-refractivity contribution in [3.8, 4) is 0 Å². The average Bonchev–Trinajstić information content (AvgIpc) is 3.45. The number of para-hydroxylation sites is 2. The molecule has 184 valence electrons. The van der Waals surface area contributed by atoms with Crippen LogP contribution in [-0.2, 0) is 10.2 Å². The van der Waals surface area contributed by atoms with Crippen LogP contribution in [0.5, 0.6) is 0 Å². The van der Waals surface area contributed by atoms with Crippen molar-refractivity contribution in [2.24, 2.45) is 5.92 Å². The Bertz CT molecular complexity index is 1630. The van der Waals surface area contributed by atoms with Crippen LogP contribution in [0.15, 0.2) is 109 Å². The highest BCUT2D eigenvalue weighted by molar-refractivity contribution is 6.18. The Kier molecular flexibility index (Phi) is 4.91. The second-order valence-electron chi connectivity index (χ2n) is 9.87. The number of Topliss-reactive ketones (excluding diaryl/α,β-unsaturated/α-hetero) is 2. The molecule has 4 heterocycles. The van der Waals surface area contributed by atoms with E-state index in [0.717, 1.165) is 16.8 Å². The number of carbonyl (C=O) groups excluding carboxylic acids is 3. The van der Waals surface area contributed by atoms with Crippen molar-refractivity contribution >= 4 is 34.9 Å². The van der Waals surface area contributed by atoms with Gasteiger partial charge in [0.05, 0.1) is 12.0 Å². The lowest BCUT2D eigenvalue weighted by Crippen LogP contribution is -2.51. The van der Waals surface area contributed by atoms with Crippen LogP contribution in [0, 0.1) is 5.92 Å². The predicted molar refractivity (Wildman–Crippen MR) is 145 cm³/mol. The quantitative estimate of drug-likeness (QED) is 0.404. The van der Waals surface area contributed by atoms with Crippen molar-refractivity contribution in [2.45, 2.75) is 17.5 Å². The summed E-state index contributed by atoms with van der Waals surface area (Å²) in [5, 5.41) is 3.04. The van der Waals surface area contributed by atoms with Gasteiger partial charge in [0, 0.05) is 23.1 Å². The number of ketones is 2. The van der Waals surface area contributed by atoms with E-state index in [4.69, 9.17) is 0 Å². The zero-order valence-electron chi connectivity index (χ0n) is 20.3. The first-order valence-corrected chi connectivity index (χ1v) is 12.6. The van der Waals surface area contributed by atoms with Gasteiger partial charge in [-0.2, -0.15) is 0 Å². The molecule has 0 unspecified atom stereocenters. The lowest BCUT2D eigenvalue weighted by atomic mass is 9.64. The lowest BCUT2D eigenvalue weighted by Gasteiger charge is -2.37. The molecule has 1 spiro atoms. The van der Waals surface area contributed by atoms with Crippen LogP contribution in [0.2, 0.25) is 0 Å². The van der Waals surface area contributed by atoms with Crippen molar-refractivity contribution in [3.63, 3.8) is 0 Å². The molecule has 1 N–H and O–H groups in total. The Balaban J connectivity index is 1.55. The SMILES string of the molecule is O=C(c1ccccc1)[C@@H]1[C@H](C(=O)c2ccccn2)[C@]2(C(=O)Nc3ccccc32)[C@H]2C=Cc3ccccc3N12. The number of hydrogen-bond acceptors (Lipinski definition) is 5. The van der Waals surface area contributed by atoms with Crippen LogP contribution in [-0.4, -0.2) is 34.5 Å². The summed E-state index contributed by atoms with van der Waals surface area (Å²) in [6.45, 7) is 0. The van der Waals surface area contributed by atoms with E-state index in [2.05, 4.69) is 10.3 Å². The van der Waals surface area contributed by atoms with E-state index >= 15 is 0 Å². The molecule has 3 aromatic carbocycles. The summed E-state index contributed by atoms with van der Waals surface area (Å²) in [5.74, 6) is -1.83. The lowest BCUT2D eigenvalue weighted by molar-refractivity contribution is -0.121. The fourth-order valence-corrected chi connectivity index (χ4v) is 6.56. The molecule has 1 saturated heterocycles. The molecule has 1 amide bonds. The molecule has 3 aliphatic heterocycles. The molecule has 7 rings (SSSR count). The van der Waals surface area contributed by atoms with E-state index in [1.807, 2.05) is 83.8 Å². The van der Waals surface area contributed by atoms with Gasteiger partial charge in [0.1, 0.15) is 17.2 Å². The second kappa shape index (κ2) is 8.35. The molecule has 4 aromatic rings. The number of pyridine rings is 1. The molecule has 0 aliphatic carbocycles. The molecule has 6 nitrogen and oxygen atoms in total. The van der Waals surface area contributed by atoms with E-state index < -0.39 is 23.4 Å². The van der Waals surface area contributed by atoms with Crippen LogP contribution in [0.25, 0.3) is 6.08 Å². The zero-order valence-corrected chi connectivity index (χ0v) is 20.3. The first-order valence-electron chi connectivity index (χ1n) is 12.6. The van der Waals surface area contributed by atoms with E-state index in [1.165, 1.54) is 0 Å². The van der Waals surface area contributed by atoms with Gasteiger partial charge < -0.3 is 10.2 Å². The van der Waals surface area contributed by atoms with E-state index in [0.29, 0.717) is 11.3 Å². The normalized spacial score (nSPS) is 24.5. The van der Waals surface area contributed by atoms with Crippen molar-refractivity contribution in [1.82, 2.24) is 4.98 Å². The van der Waals surface area contributed by atoms with Crippen LogP contribution in [0.1, 0.15) is 32.0 Å². The van der Waals surface area contributed by atoms with Crippen molar-refractivity contribution < 1.29 is 14.4 Å². The highest BCUT2D eigenvalue weighted by atomic mass is 16.2. The minimum absolute atomic E-state index is 0.205. The third kappa shape index (κ3) is 2.94. The van der Waals surface area contributed by atoms with Crippen molar-refractivity contribution in [2.75, 3.05) is 10.2 Å². The molecule has 1 aromatic heterocycles. The summed E-state index contributed by atoms with van der Waals surface area (Å²) in [5.41, 5.74) is 2.54. The Labute approximate surface area is 219 Å². The monoisotopic (exact) mass is 497 g/mol. The van der Waals surface area contributed by atoms with Crippen LogP contribution < -0.4 is 10.2 Å². The van der Waals surface area contributed by atoms with Gasteiger partial charge in [-0.05, 0) is 35.4 Å². The number of hydrogen-bond donors (Lipinski definition) is 1. The van der Waals surface area contributed by atoms with E-state index in [9.17, 15) is 14.4 Å². The summed E-state index contributed by atoms with van der Waals surface area (Å²) in [4.78, 5) is 49.5. The minimum atomic E-state index is -1.33. The number of carbonyl (C=O) groups is 3. The molecule has 0 radical (unpaired) electrons. The maximum absolute atomic E-state index is 14.5. The fraction of sp³-hybridized carbons (Fsp3) is 0.125. The van der Waals surface area contributed by atoms with Crippen molar-refractivity contribution in [3.05, 3.63) is 132 Å². The van der Waals surface area contributed by atoms with Crippen LogP contribution in [0.3, 0.4) is 0 Å². The summed E-state index contributed by atoms with van der Waals surface area (Å²) in [6.07, 6.45) is 5.53. The Morgan fingerprint density at radius 3 is 2.37 bits per heavy atom. The maximum Gasteiger partial charge on any atom is 0.238 e. The van der Waals surface area contributed by atoms with Gasteiger partial charge in [-0.25, -0.2) is 0 Å². The predicted octanol–water partition coefficient (Wildman–Crippen LogP) is 4.94. The van der Waals surface area contributed by atoms with Gasteiger partial charge in [0.15, 0.2) is 11.6 Å². The average molecular weight is 498 g/mol. The first-order chi connectivity index (χ1) is 18.6. The summed E-state index contributed by atoms with van der Waals surface area (Å²) >= 11 is 0. The third-order valence-corrected chi connectivity index (χ3v) is 8.07. The molecule has 0 saturated carbocycles. The molecule has 0 bridgehead atoms. The number of nitrogens with one attached hydrogen (secondary N) is 1. The van der Waals surface area contributed by atoms with Gasteiger partial charge in [-0.1, -0.05) is 84.9 Å². The molecule has 38 heavy (non-hydrogen) atoms. The minimum Gasteiger partial charge on any atom is -0.352 e. The number of anilines is 2. The molecule has 6 heteroatoms. The number of fused-ring (bicyclic) bond motifs is 6. The summed E-state index contributed by atoms with van der Waals surface area (Å²) in [6, 6.07) is 27.9. The number of benzene rings is 3. The van der Waals surface area contributed by atoms with Gasteiger partial charge >= 0.3 is 0 Å². The van der Waals surface area contributed by atoms with Gasteiger partial charge in [0.25, 0.3) is 0 Å². The smallest absolute Gasteiger partial charge is 0.238 e. The number of amides is 1. The Morgan fingerprint density at radius 1 is 0.816 bits per heavy atom. The van der Waals surface area contributed by atoms with Crippen LogP contribution >= 0.6 is 0 Å². The van der Waals surface area contributed by atoms with E-state index in [-0.39, 0.29) is 23.2 Å².